The van der Waals surface area contributed by atoms with E-state index in [4.69, 9.17) is 0 Å². The molecule has 1 saturated carbocycles. The number of rotatable bonds is 3. The summed E-state index contributed by atoms with van der Waals surface area (Å²) in [5.41, 5.74) is 1.67. The average Bonchev–Trinajstić information content (AvgIpc) is 3.10. The van der Waals surface area contributed by atoms with E-state index in [1.165, 1.54) is 4.90 Å². The van der Waals surface area contributed by atoms with Gasteiger partial charge in [0, 0.05) is 18.9 Å². The van der Waals surface area contributed by atoms with E-state index in [9.17, 15) is 9.59 Å². The van der Waals surface area contributed by atoms with Crippen LogP contribution in [0.15, 0.2) is 18.3 Å². The zero-order chi connectivity index (χ0) is 12.0. The third-order valence-corrected chi connectivity index (χ3v) is 3.38. The molecular formula is C12H13N3O2. The van der Waals surface area contributed by atoms with E-state index in [0.29, 0.717) is 6.54 Å². The first-order chi connectivity index (χ1) is 8.20. The predicted octanol–water partition coefficient (Wildman–Crippen LogP) is 0.628. The highest BCUT2D eigenvalue weighted by atomic mass is 16.2. The number of hydrogen-bond acceptors (Lipinski definition) is 4. The molecule has 0 bridgehead atoms. The van der Waals surface area contributed by atoms with Gasteiger partial charge in [-0.15, -0.1) is 0 Å². The molecule has 3 rings (SSSR count). The first-order valence-electron chi connectivity index (χ1n) is 5.68. The lowest BCUT2D eigenvalue weighted by Gasteiger charge is -2.16. The van der Waals surface area contributed by atoms with Gasteiger partial charge in [0.05, 0.1) is 24.1 Å². The summed E-state index contributed by atoms with van der Waals surface area (Å²) in [6.45, 7) is 0.292. The van der Waals surface area contributed by atoms with E-state index in [1.54, 1.807) is 6.20 Å². The maximum atomic E-state index is 11.8. The summed E-state index contributed by atoms with van der Waals surface area (Å²) in [7, 11) is 1.82. The Balaban J connectivity index is 1.78. The summed E-state index contributed by atoms with van der Waals surface area (Å²) in [5.74, 6) is -0.127. The summed E-state index contributed by atoms with van der Waals surface area (Å²) in [6.07, 6.45) is 2.42. The predicted molar refractivity (Wildman–Crippen MR) is 60.9 cm³/mol. The van der Waals surface area contributed by atoms with Crippen molar-refractivity contribution >= 4 is 17.5 Å². The Morgan fingerprint density at radius 1 is 1.41 bits per heavy atom. The van der Waals surface area contributed by atoms with Gasteiger partial charge in [0.1, 0.15) is 0 Å². The normalized spacial score (nSPS) is 26.1. The van der Waals surface area contributed by atoms with Crippen LogP contribution in [0.1, 0.15) is 12.1 Å². The first-order valence-corrected chi connectivity index (χ1v) is 5.68. The fraction of sp³-hybridized carbons (Fsp3) is 0.417. The molecule has 5 nitrogen and oxygen atoms in total. The molecule has 2 heterocycles. The van der Waals surface area contributed by atoms with E-state index in [2.05, 4.69) is 10.3 Å². The number of hydrogen-bond donors (Lipinski definition) is 1. The highest BCUT2D eigenvalue weighted by Gasteiger charge is 2.58. The van der Waals surface area contributed by atoms with Crippen LogP contribution in [-0.4, -0.2) is 28.7 Å². The quantitative estimate of drug-likeness (QED) is 0.775. The molecule has 2 fully saturated rings. The largest absolute Gasteiger partial charge is 0.388 e. The number of carbonyl (C=O) groups is 2. The van der Waals surface area contributed by atoms with Gasteiger partial charge in [-0.2, -0.15) is 0 Å². The Bertz CT molecular complexity index is 480. The van der Waals surface area contributed by atoms with Crippen LogP contribution in [0.5, 0.6) is 0 Å². The van der Waals surface area contributed by atoms with Gasteiger partial charge in [-0.3, -0.25) is 19.5 Å². The van der Waals surface area contributed by atoms with Crippen LogP contribution >= 0.6 is 0 Å². The van der Waals surface area contributed by atoms with Crippen LogP contribution in [0.3, 0.4) is 0 Å². The minimum absolute atomic E-state index is 0.0309. The minimum Gasteiger partial charge on any atom is -0.388 e. The standard InChI is InChI=1S/C12H13N3O2/c1-13-7-2-3-14-8(4-7)6-15-11(16)9-5-10(9)12(15)17/h2-4,9-10H,5-6H2,1H3,(H,13,14). The summed E-state index contributed by atoms with van der Waals surface area (Å²) in [5, 5.41) is 3.00. The summed E-state index contributed by atoms with van der Waals surface area (Å²) in [6, 6.07) is 3.69. The maximum absolute atomic E-state index is 11.8. The van der Waals surface area contributed by atoms with Gasteiger partial charge in [-0.05, 0) is 18.6 Å². The molecule has 2 atom stereocenters. The molecule has 0 radical (unpaired) electrons. The number of imide groups is 1. The first kappa shape index (κ1) is 10.3. The molecule has 1 saturated heterocycles. The van der Waals surface area contributed by atoms with Gasteiger partial charge in [0.25, 0.3) is 0 Å². The van der Waals surface area contributed by atoms with Crippen molar-refractivity contribution in [3.8, 4) is 0 Å². The van der Waals surface area contributed by atoms with Gasteiger partial charge in [-0.25, -0.2) is 0 Å². The number of aromatic nitrogens is 1. The van der Waals surface area contributed by atoms with Gasteiger partial charge < -0.3 is 5.32 Å². The zero-order valence-corrected chi connectivity index (χ0v) is 9.51. The number of likely N-dealkylation sites (tertiary alicyclic amines) is 1. The van der Waals surface area contributed by atoms with Crippen molar-refractivity contribution in [2.75, 3.05) is 12.4 Å². The number of pyridine rings is 1. The molecule has 5 heteroatoms. The topological polar surface area (TPSA) is 62.3 Å². The Labute approximate surface area is 98.8 Å². The highest BCUT2D eigenvalue weighted by Crippen LogP contribution is 2.47. The molecule has 1 aromatic rings. The van der Waals surface area contributed by atoms with Crippen LogP contribution < -0.4 is 5.32 Å². The Morgan fingerprint density at radius 2 is 2.12 bits per heavy atom. The van der Waals surface area contributed by atoms with Gasteiger partial charge in [0.15, 0.2) is 0 Å². The molecule has 2 aliphatic rings. The van der Waals surface area contributed by atoms with E-state index in [1.807, 2.05) is 19.2 Å². The second-order valence-corrected chi connectivity index (χ2v) is 4.50. The molecule has 0 aromatic carbocycles. The van der Waals surface area contributed by atoms with Crippen molar-refractivity contribution < 1.29 is 9.59 Å². The van der Waals surface area contributed by atoms with Gasteiger partial charge in [0.2, 0.25) is 11.8 Å². The fourth-order valence-electron chi connectivity index (χ4n) is 2.29. The molecule has 0 spiro atoms. The SMILES string of the molecule is CNc1ccnc(CN2C(=O)C3CC3C2=O)c1. The van der Waals surface area contributed by atoms with Gasteiger partial charge in [-0.1, -0.05) is 0 Å². The monoisotopic (exact) mass is 231 g/mol. The van der Waals surface area contributed by atoms with E-state index in [-0.39, 0.29) is 23.7 Å². The van der Waals surface area contributed by atoms with Crippen LogP contribution in [0.25, 0.3) is 0 Å². The zero-order valence-electron chi connectivity index (χ0n) is 9.51. The molecule has 1 aliphatic heterocycles. The molecule has 88 valence electrons. The molecule has 2 unspecified atom stereocenters. The fourth-order valence-corrected chi connectivity index (χ4v) is 2.29. The Kier molecular flexibility index (Phi) is 2.14. The average molecular weight is 231 g/mol. The third-order valence-electron chi connectivity index (χ3n) is 3.38. The number of piperidine rings is 1. The number of nitrogens with one attached hydrogen (secondary N) is 1. The Hall–Kier alpha value is -1.91. The van der Waals surface area contributed by atoms with Crippen molar-refractivity contribution in [3.05, 3.63) is 24.0 Å². The van der Waals surface area contributed by atoms with Crippen LogP contribution in [-0.2, 0) is 16.1 Å². The smallest absolute Gasteiger partial charge is 0.233 e. The summed E-state index contributed by atoms with van der Waals surface area (Å²) < 4.78 is 0. The second-order valence-electron chi connectivity index (χ2n) is 4.50. The lowest BCUT2D eigenvalue weighted by Crippen LogP contribution is -2.32. The number of anilines is 1. The van der Waals surface area contributed by atoms with Crippen molar-refractivity contribution in [3.63, 3.8) is 0 Å². The molecular weight excluding hydrogens is 218 g/mol. The second kappa shape index (κ2) is 3.55. The molecule has 17 heavy (non-hydrogen) atoms. The summed E-state index contributed by atoms with van der Waals surface area (Å²) >= 11 is 0. The van der Waals surface area contributed by atoms with Crippen molar-refractivity contribution in [1.82, 2.24) is 9.88 Å². The molecule has 1 aliphatic carbocycles. The lowest BCUT2D eigenvalue weighted by molar-refractivity contribution is -0.142. The summed E-state index contributed by atoms with van der Waals surface area (Å²) in [4.78, 5) is 29.1. The number of fused-ring (bicyclic) bond motifs is 1. The van der Waals surface area contributed by atoms with E-state index in [0.717, 1.165) is 17.8 Å². The number of amides is 2. The highest BCUT2D eigenvalue weighted by molar-refractivity contribution is 6.08. The Morgan fingerprint density at radius 3 is 2.76 bits per heavy atom. The van der Waals surface area contributed by atoms with Crippen molar-refractivity contribution in [2.24, 2.45) is 11.8 Å². The molecule has 2 amide bonds. The molecule has 1 N–H and O–H groups in total. The van der Waals surface area contributed by atoms with Gasteiger partial charge >= 0.3 is 0 Å². The van der Waals surface area contributed by atoms with Crippen molar-refractivity contribution in [1.29, 1.82) is 0 Å². The number of carbonyl (C=O) groups excluding carboxylic acids is 2. The van der Waals surface area contributed by atoms with Crippen molar-refractivity contribution in [2.45, 2.75) is 13.0 Å². The third kappa shape index (κ3) is 1.58. The van der Waals surface area contributed by atoms with Crippen LogP contribution in [0.4, 0.5) is 5.69 Å². The van der Waals surface area contributed by atoms with Crippen LogP contribution in [0.2, 0.25) is 0 Å². The lowest BCUT2D eigenvalue weighted by atomic mass is 10.3. The number of nitrogens with zero attached hydrogens (tertiary/aromatic N) is 2. The van der Waals surface area contributed by atoms with E-state index >= 15 is 0 Å². The van der Waals surface area contributed by atoms with E-state index < -0.39 is 0 Å². The maximum Gasteiger partial charge on any atom is 0.233 e. The molecule has 1 aromatic heterocycles. The minimum atomic E-state index is -0.0324. The van der Waals surface area contributed by atoms with Crippen LogP contribution in [0, 0.1) is 11.8 Å².